The van der Waals surface area contributed by atoms with Gasteiger partial charge in [-0.05, 0) is 60.2 Å². The van der Waals surface area contributed by atoms with E-state index in [0.717, 1.165) is 15.7 Å². The van der Waals surface area contributed by atoms with Gasteiger partial charge in [-0.25, -0.2) is 0 Å². The first-order chi connectivity index (χ1) is 9.41. The van der Waals surface area contributed by atoms with Crippen LogP contribution < -0.4 is 5.32 Å². The van der Waals surface area contributed by atoms with Crippen molar-refractivity contribution in [2.45, 2.75) is 38.2 Å². The Morgan fingerprint density at radius 1 is 1.45 bits per heavy atom. The average Bonchev–Trinajstić information content (AvgIpc) is 2.41. The highest BCUT2D eigenvalue weighted by molar-refractivity contribution is 9.10. The molecule has 20 heavy (non-hydrogen) atoms. The molecule has 0 amide bonds. The van der Waals surface area contributed by atoms with E-state index in [0.29, 0.717) is 32.2 Å². The fourth-order valence-electron chi connectivity index (χ4n) is 2.62. The standard InChI is InChI=1S/C15H20BrNO3/c1-10-3-2-4-12(13(10)16)17-9-15(20)7-5-11(6-8-15)14(18)19/h2-4,11,17,20H,5-9H2,1H3,(H,18,19). The number of nitrogens with one attached hydrogen (secondary N) is 1. The zero-order chi connectivity index (χ0) is 14.8. The van der Waals surface area contributed by atoms with Crippen molar-refractivity contribution >= 4 is 27.6 Å². The van der Waals surface area contributed by atoms with Gasteiger partial charge >= 0.3 is 5.97 Å². The van der Waals surface area contributed by atoms with Gasteiger partial charge in [0, 0.05) is 16.7 Å². The van der Waals surface area contributed by atoms with Crippen molar-refractivity contribution < 1.29 is 15.0 Å². The van der Waals surface area contributed by atoms with Gasteiger partial charge in [0.25, 0.3) is 0 Å². The summed E-state index contributed by atoms with van der Waals surface area (Å²) in [5, 5.41) is 22.8. The molecule has 5 heteroatoms. The molecule has 0 saturated heterocycles. The lowest BCUT2D eigenvalue weighted by atomic mass is 9.79. The van der Waals surface area contributed by atoms with Gasteiger partial charge < -0.3 is 15.5 Å². The summed E-state index contributed by atoms with van der Waals surface area (Å²) in [4.78, 5) is 10.9. The zero-order valence-corrected chi connectivity index (χ0v) is 13.1. The molecule has 0 heterocycles. The number of carboxylic acids is 1. The quantitative estimate of drug-likeness (QED) is 0.786. The van der Waals surface area contributed by atoms with Crippen LogP contribution in [0, 0.1) is 12.8 Å². The van der Waals surface area contributed by atoms with Crippen LogP contribution >= 0.6 is 15.9 Å². The van der Waals surface area contributed by atoms with E-state index >= 15 is 0 Å². The molecule has 110 valence electrons. The predicted octanol–water partition coefficient (Wildman–Crippen LogP) is 3.18. The maximum absolute atomic E-state index is 10.9. The third kappa shape index (κ3) is 3.52. The summed E-state index contributed by atoms with van der Waals surface area (Å²) in [6.45, 7) is 2.46. The summed E-state index contributed by atoms with van der Waals surface area (Å²) < 4.78 is 1.00. The number of benzene rings is 1. The summed E-state index contributed by atoms with van der Waals surface area (Å²) in [6, 6.07) is 5.94. The molecule has 0 atom stereocenters. The van der Waals surface area contributed by atoms with Gasteiger partial charge in [0.2, 0.25) is 0 Å². The molecule has 1 aromatic carbocycles. The molecule has 1 fully saturated rings. The number of rotatable bonds is 4. The minimum Gasteiger partial charge on any atom is -0.481 e. The van der Waals surface area contributed by atoms with Crippen molar-refractivity contribution in [1.82, 2.24) is 0 Å². The summed E-state index contributed by atoms with van der Waals surface area (Å²) in [5.74, 6) is -1.05. The number of aliphatic carboxylic acids is 1. The van der Waals surface area contributed by atoms with Gasteiger partial charge in [-0.1, -0.05) is 12.1 Å². The average molecular weight is 342 g/mol. The minimum absolute atomic E-state index is 0.305. The Morgan fingerprint density at radius 2 is 2.10 bits per heavy atom. The van der Waals surface area contributed by atoms with E-state index in [2.05, 4.69) is 21.2 Å². The molecule has 3 N–H and O–H groups in total. The van der Waals surface area contributed by atoms with E-state index < -0.39 is 11.6 Å². The van der Waals surface area contributed by atoms with Gasteiger partial charge in [0.1, 0.15) is 0 Å². The molecular formula is C15H20BrNO3. The summed E-state index contributed by atoms with van der Waals surface area (Å²) in [6.07, 6.45) is 2.14. The van der Waals surface area contributed by atoms with Crippen LogP contribution in [0.2, 0.25) is 0 Å². The van der Waals surface area contributed by atoms with Crippen LogP contribution in [-0.2, 0) is 4.79 Å². The summed E-state index contributed by atoms with van der Waals surface area (Å²) in [5.41, 5.74) is 1.28. The van der Waals surface area contributed by atoms with Crippen LogP contribution in [0.3, 0.4) is 0 Å². The van der Waals surface area contributed by atoms with Crippen molar-refractivity contribution in [3.05, 3.63) is 28.2 Å². The molecule has 1 saturated carbocycles. The van der Waals surface area contributed by atoms with E-state index in [1.807, 2.05) is 25.1 Å². The first-order valence-corrected chi connectivity index (χ1v) is 7.65. The van der Waals surface area contributed by atoms with E-state index in [1.54, 1.807) is 0 Å². The Kier molecular flexibility index (Phi) is 4.70. The molecule has 4 nitrogen and oxygen atoms in total. The second kappa shape index (κ2) is 6.14. The number of anilines is 1. The lowest BCUT2D eigenvalue weighted by Crippen LogP contribution is -2.41. The Balaban J connectivity index is 1.94. The Bertz CT molecular complexity index is 496. The van der Waals surface area contributed by atoms with Crippen molar-refractivity contribution in [2.24, 2.45) is 5.92 Å². The van der Waals surface area contributed by atoms with Crippen molar-refractivity contribution in [3.8, 4) is 0 Å². The first kappa shape index (κ1) is 15.3. The third-order valence-corrected chi connectivity index (χ3v) is 5.12. The molecule has 1 aliphatic rings. The molecule has 1 aromatic rings. The molecule has 0 spiro atoms. The molecule has 0 aromatic heterocycles. The maximum Gasteiger partial charge on any atom is 0.306 e. The topological polar surface area (TPSA) is 69.6 Å². The van der Waals surface area contributed by atoms with E-state index in [1.165, 1.54) is 0 Å². The van der Waals surface area contributed by atoms with Crippen LogP contribution in [0.15, 0.2) is 22.7 Å². The smallest absolute Gasteiger partial charge is 0.306 e. The zero-order valence-electron chi connectivity index (χ0n) is 11.5. The number of carboxylic acid groups (broad SMARTS) is 1. The van der Waals surface area contributed by atoms with Gasteiger partial charge in [0.05, 0.1) is 11.5 Å². The van der Waals surface area contributed by atoms with Crippen LogP contribution in [0.25, 0.3) is 0 Å². The SMILES string of the molecule is Cc1cccc(NCC2(O)CCC(C(=O)O)CC2)c1Br. The van der Waals surface area contributed by atoms with E-state index in [4.69, 9.17) is 5.11 Å². The molecule has 0 unspecified atom stereocenters. The molecule has 2 rings (SSSR count). The lowest BCUT2D eigenvalue weighted by Gasteiger charge is -2.35. The highest BCUT2D eigenvalue weighted by Gasteiger charge is 2.35. The normalized spacial score (nSPS) is 26.2. The number of carbonyl (C=O) groups is 1. The number of hydrogen-bond acceptors (Lipinski definition) is 3. The van der Waals surface area contributed by atoms with E-state index in [9.17, 15) is 9.90 Å². The van der Waals surface area contributed by atoms with Crippen molar-refractivity contribution in [3.63, 3.8) is 0 Å². The fraction of sp³-hybridized carbons (Fsp3) is 0.533. The second-order valence-corrected chi connectivity index (χ2v) is 6.42. The minimum atomic E-state index is -0.810. The molecule has 0 aliphatic heterocycles. The fourth-order valence-corrected chi connectivity index (χ4v) is 3.03. The van der Waals surface area contributed by atoms with Crippen LogP contribution in [0.4, 0.5) is 5.69 Å². The van der Waals surface area contributed by atoms with Gasteiger partial charge in [-0.3, -0.25) is 4.79 Å². The van der Waals surface area contributed by atoms with Crippen LogP contribution in [-0.4, -0.2) is 28.3 Å². The summed E-state index contributed by atoms with van der Waals surface area (Å²) >= 11 is 3.53. The monoisotopic (exact) mass is 341 g/mol. The third-order valence-electron chi connectivity index (χ3n) is 4.07. The largest absolute Gasteiger partial charge is 0.481 e. The lowest BCUT2D eigenvalue weighted by molar-refractivity contribution is -0.144. The number of hydrogen-bond donors (Lipinski definition) is 3. The molecule has 0 radical (unpaired) electrons. The first-order valence-electron chi connectivity index (χ1n) is 6.85. The van der Waals surface area contributed by atoms with Crippen LogP contribution in [0.1, 0.15) is 31.2 Å². The predicted molar refractivity (Wildman–Crippen MR) is 81.9 cm³/mol. The Hall–Kier alpha value is -1.07. The molecular weight excluding hydrogens is 322 g/mol. The second-order valence-electron chi connectivity index (χ2n) is 5.63. The van der Waals surface area contributed by atoms with Crippen molar-refractivity contribution in [1.29, 1.82) is 0 Å². The highest BCUT2D eigenvalue weighted by Crippen LogP contribution is 2.33. The Morgan fingerprint density at radius 3 is 2.70 bits per heavy atom. The molecule has 0 bridgehead atoms. The highest BCUT2D eigenvalue weighted by atomic mass is 79.9. The number of aliphatic hydroxyl groups is 1. The number of aryl methyl sites for hydroxylation is 1. The van der Waals surface area contributed by atoms with Crippen LogP contribution in [0.5, 0.6) is 0 Å². The van der Waals surface area contributed by atoms with Gasteiger partial charge in [-0.2, -0.15) is 0 Å². The van der Waals surface area contributed by atoms with E-state index in [-0.39, 0.29) is 5.92 Å². The van der Waals surface area contributed by atoms with Crippen molar-refractivity contribution in [2.75, 3.05) is 11.9 Å². The van der Waals surface area contributed by atoms with Gasteiger partial charge in [-0.15, -0.1) is 0 Å². The Labute approximate surface area is 127 Å². The van der Waals surface area contributed by atoms with Gasteiger partial charge in [0.15, 0.2) is 0 Å². The molecule has 1 aliphatic carbocycles. The number of halogens is 1. The maximum atomic E-state index is 10.9. The summed E-state index contributed by atoms with van der Waals surface area (Å²) in [7, 11) is 0.